The van der Waals surface area contributed by atoms with Gasteiger partial charge in [0.15, 0.2) is 5.78 Å². The minimum absolute atomic E-state index is 0.0392. The molecule has 0 spiro atoms. The molecule has 2 aromatic carbocycles. The van der Waals surface area contributed by atoms with E-state index in [-0.39, 0.29) is 24.9 Å². The molecule has 0 bridgehead atoms. The number of hydrogen-bond donors (Lipinski definition) is 1. The zero-order chi connectivity index (χ0) is 25.1. The fourth-order valence-electron chi connectivity index (χ4n) is 4.94. The molecule has 1 aromatic heterocycles. The second kappa shape index (κ2) is 10.7. The summed E-state index contributed by atoms with van der Waals surface area (Å²) in [5.74, 6) is -0.138. The largest absolute Gasteiger partial charge is 0.490 e. The molecular formula is C29H26ClNO4S. The topological polar surface area (TPSA) is 64.6 Å². The predicted octanol–water partition coefficient (Wildman–Crippen LogP) is 6.39. The van der Waals surface area contributed by atoms with E-state index >= 15 is 0 Å². The van der Waals surface area contributed by atoms with Gasteiger partial charge in [-0.1, -0.05) is 48.0 Å². The molecule has 184 valence electrons. The van der Waals surface area contributed by atoms with E-state index in [0.717, 1.165) is 11.3 Å². The maximum Gasteiger partial charge on any atom is 0.336 e. The molecule has 0 saturated carbocycles. The summed E-state index contributed by atoms with van der Waals surface area (Å²) in [6.07, 6.45) is 1.12. The Morgan fingerprint density at radius 3 is 2.64 bits per heavy atom. The summed E-state index contributed by atoms with van der Waals surface area (Å²) in [7, 11) is 0. The van der Waals surface area contributed by atoms with Crippen molar-refractivity contribution in [3.05, 3.63) is 110 Å². The number of benzene rings is 2. The van der Waals surface area contributed by atoms with Crippen LogP contribution in [0.4, 0.5) is 0 Å². The third-order valence-electron chi connectivity index (χ3n) is 6.50. The van der Waals surface area contributed by atoms with Crippen molar-refractivity contribution in [3.8, 4) is 5.75 Å². The fraction of sp³-hybridized carbons (Fsp3) is 0.241. The van der Waals surface area contributed by atoms with Crippen LogP contribution in [0.15, 0.2) is 94.7 Å². The molecule has 0 unspecified atom stereocenters. The first-order valence-electron chi connectivity index (χ1n) is 11.9. The van der Waals surface area contributed by atoms with Gasteiger partial charge in [-0.3, -0.25) is 4.79 Å². The van der Waals surface area contributed by atoms with E-state index in [2.05, 4.69) is 11.4 Å². The molecule has 0 fully saturated rings. The summed E-state index contributed by atoms with van der Waals surface area (Å²) in [5.41, 5.74) is 3.41. The molecule has 0 amide bonds. The number of Topliss-reactive ketones (excluding diaryl/α,β-unsaturated/α-hetero) is 1. The van der Waals surface area contributed by atoms with Crippen LogP contribution in [0.1, 0.15) is 42.0 Å². The van der Waals surface area contributed by atoms with E-state index in [1.165, 1.54) is 4.88 Å². The maximum atomic E-state index is 13.6. The van der Waals surface area contributed by atoms with Crippen LogP contribution >= 0.6 is 22.9 Å². The molecule has 1 aliphatic carbocycles. The molecule has 36 heavy (non-hydrogen) atoms. The number of halogens is 1. The number of hydrogen-bond acceptors (Lipinski definition) is 6. The van der Waals surface area contributed by atoms with Gasteiger partial charge < -0.3 is 14.8 Å². The van der Waals surface area contributed by atoms with Crippen molar-refractivity contribution in [1.82, 2.24) is 5.32 Å². The quantitative estimate of drug-likeness (QED) is 0.289. The van der Waals surface area contributed by atoms with Gasteiger partial charge in [0, 0.05) is 45.1 Å². The zero-order valence-corrected chi connectivity index (χ0v) is 21.4. The zero-order valence-electron chi connectivity index (χ0n) is 19.8. The van der Waals surface area contributed by atoms with E-state index in [9.17, 15) is 9.59 Å². The first-order chi connectivity index (χ1) is 17.5. The van der Waals surface area contributed by atoms with Gasteiger partial charge in [-0.05, 0) is 54.6 Å². The van der Waals surface area contributed by atoms with Crippen LogP contribution in [-0.2, 0) is 14.3 Å². The first kappa shape index (κ1) is 24.3. The third kappa shape index (κ3) is 5.11. The number of para-hydroxylation sites is 1. The third-order valence-corrected chi connectivity index (χ3v) is 7.77. The SMILES string of the molecule is CC1=C(C(=O)OCCOc2ccccc2)[C@H](c2cccc(Cl)c2)C2=C(C[C@@H](c3cccs3)CC2=O)N1. The van der Waals surface area contributed by atoms with Crippen LogP contribution in [0.2, 0.25) is 5.02 Å². The predicted molar refractivity (Wildman–Crippen MR) is 141 cm³/mol. The van der Waals surface area contributed by atoms with Crippen LogP contribution in [0.5, 0.6) is 5.75 Å². The Morgan fingerprint density at radius 1 is 1.06 bits per heavy atom. The van der Waals surface area contributed by atoms with Crippen molar-refractivity contribution >= 4 is 34.7 Å². The molecular weight excluding hydrogens is 494 g/mol. The number of allylic oxidation sites excluding steroid dienone is 3. The highest BCUT2D eigenvalue weighted by Gasteiger charge is 2.41. The van der Waals surface area contributed by atoms with Crippen molar-refractivity contribution in [2.45, 2.75) is 31.6 Å². The summed E-state index contributed by atoms with van der Waals surface area (Å²) in [6, 6.07) is 20.8. The molecule has 5 nitrogen and oxygen atoms in total. The number of ketones is 1. The van der Waals surface area contributed by atoms with Gasteiger partial charge in [0.2, 0.25) is 0 Å². The van der Waals surface area contributed by atoms with E-state index in [0.29, 0.717) is 40.5 Å². The number of esters is 1. The molecule has 1 N–H and O–H groups in total. The normalized spacial score (nSPS) is 19.6. The van der Waals surface area contributed by atoms with Crippen LogP contribution in [-0.4, -0.2) is 25.0 Å². The minimum Gasteiger partial charge on any atom is -0.490 e. The molecule has 5 rings (SSSR count). The maximum absolute atomic E-state index is 13.6. The average Bonchev–Trinajstić information content (AvgIpc) is 3.41. The van der Waals surface area contributed by atoms with Crippen molar-refractivity contribution in [1.29, 1.82) is 0 Å². The highest BCUT2D eigenvalue weighted by molar-refractivity contribution is 7.10. The molecule has 2 aliphatic rings. The molecule has 0 saturated heterocycles. The van der Waals surface area contributed by atoms with Gasteiger partial charge >= 0.3 is 5.97 Å². The monoisotopic (exact) mass is 519 g/mol. The van der Waals surface area contributed by atoms with E-state index in [4.69, 9.17) is 21.1 Å². The number of ether oxygens (including phenoxy) is 2. The van der Waals surface area contributed by atoms with Gasteiger partial charge in [-0.25, -0.2) is 4.79 Å². The number of thiophene rings is 1. The Labute approximate surface area is 219 Å². The van der Waals surface area contributed by atoms with Gasteiger partial charge in [-0.2, -0.15) is 0 Å². The Hall–Kier alpha value is -3.35. The van der Waals surface area contributed by atoms with Gasteiger partial charge in [0.05, 0.1) is 5.57 Å². The minimum atomic E-state index is -0.542. The molecule has 0 radical (unpaired) electrons. The molecule has 2 atom stereocenters. The number of dihydropyridines is 1. The fourth-order valence-corrected chi connectivity index (χ4v) is 5.97. The molecule has 1 aliphatic heterocycles. The Bertz CT molecular complexity index is 1330. The van der Waals surface area contributed by atoms with E-state index in [1.807, 2.05) is 66.9 Å². The van der Waals surface area contributed by atoms with E-state index < -0.39 is 11.9 Å². The number of carbonyl (C=O) groups excluding carboxylic acids is 2. The highest BCUT2D eigenvalue weighted by Crippen LogP contribution is 2.46. The molecule has 7 heteroatoms. The van der Waals surface area contributed by atoms with Crippen LogP contribution in [0.25, 0.3) is 0 Å². The lowest BCUT2D eigenvalue weighted by Crippen LogP contribution is -2.36. The smallest absolute Gasteiger partial charge is 0.336 e. The summed E-state index contributed by atoms with van der Waals surface area (Å²) in [6.45, 7) is 2.18. The lowest BCUT2D eigenvalue weighted by atomic mass is 9.72. The van der Waals surface area contributed by atoms with Gasteiger partial charge in [0.1, 0.15) is 19.0 Å². The molecule has 2 heterocycles. The second-order valence-electron chi connectivity index (χ2n) is 8.89. The Morgan fingerprint density at radius 2 is 1.89 bits per heavy atom. The van der Waals surface area contributed by atoms with Crippen LogP contribution in [0, 0.1) is 0 Å². The Kier molecular flexibility index (Phi) is 7.25. The van der Waals surface area contributed by atoms with Crippen molar-refractivity contribution in [2.24, 2.45) is 0 Å². The van der Waals surface area contributed by atoms with Gasteiger partial charge in [0.25, 0.3) is 0 Å². The van der Waals surface area contributed by atoms with Crippen LogP contribution in [0.3, 0.4) is 0 Å². The van der Waals surface area contributed by atoms with Crippen LogP contribution < -0.4 is 10.1 Å². The van der Waals surface area contributed by atoms with Gasteiger partial charge in [-0.15, -0.1) is 11.3 Å². The summed E-state index contributed by atoms with van der Waals surface area (Å²) < 4.78 is 11.3. The Balaban J connectivity index is 1.41. The van der Waals surface area contributed by atoms with Crippen molar-refractivity contribution in [3.63, 3.8) is 0 Å². The second-order valence-corrected chi connectivity index (χ2v) is 10.3. The highest BCUT2D eigenvalue weighted by atomic mass is 35.5. The molecule has 3 aromatic rings. The number of nitrogens with one attached hydrogen (secondary N) is 1. The average molecular weight is 520 g/mol. The lowest BCUT2D eigenvalue weighted by Gasteiger charge is -2.36. The summed E-state index contributed by atoms with van der Waals surface area (Å²) >= 11 is 7.99. The van der Waals surface area contributed by atoms with E-state index in [1.54, 1.807) is 17.4 Å². The summed E-state index contributed by atoms with van der Waals surface area (Å²) in [4.78, 5) is 28.1. The standard InChI is InChI=1S/C29H26ClNO4S/c1-18-26(29(33)35-13-12-34-22-9-3-2-4-10-22)27(19-7-5-8-21(30)15-19)28-23(31-18)16-20(17-24(28)32)25-11-6-14-36-25/h2-11,14-15,20,27,31H,12-13,16-17H2,1H3/t20-,27+/m1/s1. The summed E-state index contributed by atoms with van der Waals surface area (Å²) in [5, 5.41) is 5.97. The van der Waals surface area contributed by atoms with Crippen molar-refractivity contribution in [2.75, 3.05) is 13.2 Å². The first-order valence-corrected chi connectivity index (χ1v) is 13.1. The van der Waals surface area contributed by atoms with Crippen molar-refractivity contribution < 1.29 is 19.1 Å². The number of carbonyl (C=O) groups is 2. The lowest BCUT2D eigenvalue weighted by molar-refractivity contribution is -0.140. The number of rotatable bonds is 7.